The van der Waals surface area contributed by atoms with Crippen molar-refractivity contribution in [1.82, 2.24) is 4.90 Å². The van der Waals surface area contributed by atoms with Gasteiger partial charge in [-0.15, -0.1) is 11.3 Å². The molecule has 0 bridgehead atoms. The van der Waals surface area contributed by atoms with Crippen LogP contribution in [0.2, 0.25) is 5.02 Å². The molecule has 1 aromatic carbocycles. The van der Waals surface area contributed by atoms with Crippen molar-refractivity contribution in [2.75, 3.05) is 26.7 Å². The first-order chi connectivity index (χ1) is 12.6. The van der Waals surface area contributed by atoms with Gasteiger partial charge < -0.3 is 9.47 Å². The molecule has 2 heterocycles. The molecule has 2 atom stereocenters. The summed E-state index contributed by atoms with van der Waals surface area (Å²) in [6, 6.07) is 10.2. The van der Waals surface area contributed by atoms with E-state index in [2.05, 4.69) is 17.5 Å². The van der Waals surface area contributed by atoms with Crippen molar-refractivity contribution in [2.45, 2.75) is 32.0 Å². The Hall–Kier alpha value is -1.40. The standard InChI is InChI=1S/C20H24ClNO3S/c1-3-24-19(23)13-22(2)10-4-6-17-15-9-8-14(21)12-16(15)20(25-17)18-7-5-11-26-18/h5,7-9,11-12,17,20H,3-4,6,10,13H2,1-2H3. The third-order valence-corrected chi connectivity index (χ3v) is 5.64. The minimum atomic E-state index is -0.176. The number of rotatable bonds is 8. The number of carbonyl (C=O) groups excluding carboxylic acids is 1. The fraction of sp³-hybridized carbons (Fsp3) is 0.450. The van der Waals surface area contributed by atoms with Crippen LogP contribution < -0.4 is 0 Å². The molecule has 0 radical (unpaired) electrons. The zero-order chi connectivity index (χ0) is 18.5. The number of halogens is 1. The highest BCUT2D eigenvalue weighted by Gasteiger charge is 2.33. The topological polar surface area (TPSA) is 38.8 Å². The highest BCUT2D eigenvalue weighted by molar-refractivity contribution is 7.10. The third-order valence-electron chi connectivity index (χ3n) is 4.49. The van der Waals surface area contributed by atoms with Crippen molar-refractivity contribution in [2.24, 2.45) is 0 Å². The number of esters is 1. The van der Waals surface area contributed by atoms with Crippen LogP contribution >= 0.6 is 22.9 Å². The molecule has 4 nitrogen and oxygen atoms in total. The molecular weight excluding hydrogens is 370 g/mol. The van der Waals surface area contributed by atoms with Gasteiger partial charge in [-0.1, -0.05) is 23.7 Å². The number of nitrogens with zero attached hydrogens (tertiary/aromatic N) is 1. The molecule has 1 aliphatic rings. The smallest absolute Gasteiger partial charge is 0.320 e. The average molecular weight is 394 g/mol. The van der Waals surface area contributed by atoms with Gasteiger partial charge in [0, 0.05) is 9.90 Å². The normalized spacial score (nSPS) is 18.9. The molecule has 0 saturated carbocycles. The Bertz CT molecular complexity index is 735. The van der Waals surface area contributed by atoms with E-state index in [4.69, 9.17) is 21.1 Å². The van der Waals surface area contributed by atoms with Crippen LogP contribution in [0.15, 0.2) is 35.7 Å². The van der Waals surface area contributed by atoms with E-state index in [9.17, 15) is 4.79 Å². The van der Waals surface area contributed by atoms with Crippen molar-refractivity contribution in [3.05, 3.63) is 56.7 Å². The molecule has 0 N–H and O–H groups in total. The number of fused-ring (bicyclic) bond motifs is 1. The van der Waals surface area contributed by atoms with Gasteiger partial charge in [0.05, 0.1) is 19.3 Å². The Balaban J connectivity index is 1.60. The van der Waals surface area contributed by atoms with Crippen LogP contribution in [0.4, 0.5) is 0 Å². The summed E-state index contributed by atoms with van der Waals surface area (Å²) in [5.74, 6) is -0.176. The molecule has 0 spiro atoms. The fourth-order valence-electron chi connectivity index (χ4n) is 3.31. The van der Waals surface area contributed by atoms with Crippen molar-refractivity contribution < 1.29 is 14.3 Å². The Morgan fingerprint density at radius 1 is 1.35 bits per heavy atom. The van der Waals surface area contributed by atoms with Crippen LogP contribution in [0.25, 0.3) is 0 Å². The van der Waals surface area contributed by atoms with Crippen LogP contribution in [0, 0.1) is 0 Å². The largest absolute Gasteiger partial charge is 0.465 e. The van der Waals surface area contributed by atoms with Crippen LogP contribution in [0.1, 0.15) is 48.0 Å². The van der Waals surface area contributed by atoms with E-state index in [0.29, 0.717) is 13.2 Å². The first-order valence-corrected chi connectivity index (χ1v) is 10.2. The molecule has 0 saturated heterocycles. The molecule has 0 aliphatic carbocycles. The second-order valence-electron chi connectivity index (χ2n) is 6.48. The highest BCUT2D eigenvalue weighted by Crippen LogP contribution is 2.46. The number of benzene rings is 1. The van der Waals surface area contributed by atoms with E-state index in [1.165, 1.54) is 16.0 Å². The first kappa shape index (κ1) is 19.4. The third kappa shape index (κ3) is 4.65. The summed E-state index contributed by atoms with van der Waals surface area (Å²) in [6.07, 6.45) is 1.88. The molecule has 0 fully saturated rings. The molecule has 1 aliphatic heterocycles. The number of hydrogen-bond acceptors (Lipinski definition) is 5. The fourth-order valence-corrected chi connectivity index (χ4v) is 4.27. The summed E-state index contributed by atoms with van der Waals surface area (Å²) in [5.41, 5.74) is 2.39. The van der Waals surface area contributed by atoms with Crippen molar-refractivity contribution >= 4 is 28.9 Å². The molecule has 26 heavy (non-hydrogen) atoms. The second-order valence-corrected chi connectivity index (χ2v) is 7.89. The summed E-state index contributed by atoms with van der Waals surface area (Å²) >= 11 is 7.92. The van der Waals surface area contributed by atoms with E-state index < -0.39 is 0 Å². The van der Waals surface area contributed by atoms with Gasteiger partial charge >= 0.3 is 5.97 Å². The average Bonchev–Trinajstić information content (AvgIpc) is 3.22. The number of ether oxygens (including phenoxy) is 2. The molecule has 6 heteroatoms. The Kier molecular flexibility index (Phi) is 6.70. The molecule has 1 aromatic heterocycles. The maximum absolute atomic E-state index is 11.5. The van der Waals surface area contributed by atoms with Gasteiger partial charge in [0.2, 0.25) is 0 Å². The Labute approximate surface area is 163 Å². The van der Waals surface area contributed by atoms with Gasteiger partial charge in [0.15, 0.2) is 0 Å². The van der Waals surface area contributed by atoms with Crippen LogP contribution in [-0.4, -0.2) is 37.6 Å². The van der Waals surface area contributed by atoms with Crippen LogP contribution in [-0.2, 0) is 14.3 Å². The lowest BCUT2D eigenvalue weighted by Gasteiger charge is -2.18. The SMILES string of the molecule is CCOC(=O)CN(C)CCCC1OC(c2cccs2)c2cc(Cl)ccc21. The number of hydrogen-bond donors (Lipinski definition) is 0. The predicted octanol–water partition coefficient (Wildman–Crippen LogP) is 4.84. The maximum Gasteiger partial charge on any atom is 0.320 e. The van der Waals surface area contributed by atoms with E-state index >= 15 is 0 Å². The van der Waals surface area contributed by atoms with Gasteiger partial charge in [0.1, 0.15) is 6.10 Å². The van der Waals surface area contributed by atoms with Gasteiger partial charge in [-0.3, -0.25) is 9.69 Å². The summed E-state index contributed by atoms with van der Waals surface area (Å²) in [7, 11) is 1.94. The first-order valence-electron chi connectivity index (χ1n) is 8.91. The molecular formula is C20H24ClNO3S. The summed E-state index contributed by atoms with van der Waals surface area (Å²) in [6.45, 7) is 3.39. The van der Waals surface area contributed by atoms with Crippen molar-refractivity contribution in [3.8, 4) is 0 Å². The van der Waals surface area contributed by atoms with Gasteiger partial charge in [-0.25, -0.2) is 0 Å². The maximum atomic E-state index is 11.5. The number of carbonyl (C=O) groups is 1. The molecule has 2 unspecified atom stereocenters. The lowest BCUT2D eigenvalue weighted by atomic mass is 9.99. The lowest BCUT2D eigenvalue weighted by molar-refractivity contribution is -0.144. The number of thiophene rings is 1. The van der Waals surface area contributed by atoms with E-state index in [1.807, 2.05) is 37.1 Å². The summed E-state index contributed by atoms with van der Waals surface area (Å²) < 4.78 is 11.4. The zero-order valence-electron chi connectivity index (χ0n) is 15.1. The van der Waals surface area contributed by atoms with Crippen molar-refractivity contribution in [1.29, 1.82) is 0 Å². The summed E-state index contributed by atoms with van der Waals surface area (Å²) in [5, 5.41) is 2.81. The van der Waals surface area contributed by atoms with Gasteiger partial charge in [-0.2, -0.15) is 0 Å². The Morgan fingerprint density at radius 3 is 2.92 bits per heavy atom. The van der Waals surface area contributed by atoms with E-state index in [-0.39, 0.29) is 18.2 Å². The second kappa shape index (κ2) is 9.00. The molecule has 0 amide bonds. The molecule has 140 valence electrons. The van der Waals surface area contributed by atoms with Crippen molar-refractivity contribution in [3.63, 3.8) is 0 Å². The minimum absolute atomic E-state index is 0.0361. The quantitative estimate of drug-likeness (QED) is 0.601. The van der Waals surface area contributed by atoms with E-state index in [0.717, 1.165) is 24.4 Å². The predicted molar refractivity (Wildman–Crippen MR) is 105 cm³/mol. The van der Waals surface area contributed by atoms with Gasteiger partial charge in [0.25, 0.3) is 0 Å². The zero-order valence-corrected chi connectivity index (χ0v) is 16.7. The highest BCUT2D eigenvalue weighted by atomic mass is 35.5. The van der Waals surface area contributed by atoms with E-state index in [1.54, 1.807) is 11.3 Å². The number of likely N-dealkylation sites (N-methyl/N-ethyl adjacent to an activating group) is 1. The summed E-state index contributed by atoms with van der Waals surface area (Å²) in [4.78, 5) is 14.7. The Morgan fingerprint density at radius 2 is 2.19 bits per heavy atom. The van der Waals surface area contributed by atoms with Crippen LogP contribution in [0.5, 0.6) is 0 Å². The minimum Gasteiger partial charge on any atom is -0.465 e. The lowest BCUT2D eigenvalue weighted by Crippen LogP contribution is -2.28. The molecule has 2 aromatic rings. The van der Waals surface area contributed by atoms with Crippen LogP contribution in [0.3, 0.4) is 0 Å². The molecule has 3 rings (SSSR count). The monoisotopic (exact) mass is 393 g/mol. The van der Waals surface area contributed by atoms with Gasteiger partial charge in [-0.05, 0) is 68.1 Å².